The minimum atomic E-state index is -4.20. The molecule has 0 saturated heterocycles. The highest BCUT2D eigenvalue weighted by Crippen LogP contribution is 2.39. The third kappa shape index (κ3) is 3.60. The van der Waals surface area contributed by atoms with Crippen molar-refractivity contribution in [1.29, 1.82) is 0 Å². The lowest BCUT2D eigenvalue weighted by Gasteiger charge is -2.31. The highest BCUT2D eigenvalue weighted by molar-refractivity contribution is 7.16. The molecule has 1 atom stereocenters. The molecule has 2 rings (SSSR count). The first-order chi connectivity index (χ1) is 8.40. The van der Waals surface area contributed by atoms with E-state index >= 15 is 0 Å². The maximum absolute atomic E-state index is 12.6. The van der Waals surface area contributed by atoms with Gasteiger partial charge < -0.3 is 5.73 Å². The van der Waals surface area contributed by atoms with Gasteiger partial charge in [-0.25, -0.2) is 0 Å². The van der Waals surface area contributed by atoms with E-state index in [-0.39, 0.29) is 12.6 Å². The Morgan fingerprint density at radius 2 is 2.11 bits per heavy atom. The lowest BCUT2D eigenvalue weighted by Crippen LogP contribution is -2.41. The van der Waals surface area contributed by atoms with Crippen molar-refractivity contribution in [1.82, 2.24) is 4.90 Å². The molecule has 0 spiro atoms. The highest BCUT2D eigenvalue weighted by Gasteiger charge is 2.41. The Balaban J connectivity index is 2.17. The predicted octanol–water partition coefficient (Wildman–Crippen LogP) is 3.43. The Morgan fingerprint density at radius 3 is 2.50 bits per heavy atom. The largest absolute Gasteiger partial charge is 0.401 e. The number of halogens is 4. The van der Waals surface area contributed by atoms with Crippen LogP contribution in [0, 0.1) is 0 Å². The fraction of sp³-hybridized carbons (Fsp3) is 0.636. The molecular weight excluding hydrogens is 285 g/mol. The lowest BCUT2D eigenvalue weighted by molar-refractivity contribution is -0.152. The van der Waals surface area contributed by atoms with Crippen molar-refractivity contribution in [3.63, 3.8) is 0 Å². The normalized spacial score (nSPS) is 18.3. The van der Waals surface area contributed by atoms with Gasteiger partial charge >= 0.3 is 6.18 Å². The number of hydrogen-bond acceptors (Lipinski definition) is 3. The molecule has 102 valence electrons. The molecule has 1 heterocycles. The van der Waals surface area contributed by atoms with Gasteiger partial charge in [0.25, 0.3) is 0 Å². The average Bonchev–Trinajstić information content (AvgIpc) is 3.01. The molecule has 18 heavy (non-hydrogen) atoms. The van der Waals surface area contributed by atoms with Crippen LogP contribution < -0.4 is 5.73 Å². The van der Waals surface area contributed by atoms with Crippen LogP contribution in [0.1, 0.15) is 23.8 Å². The lowest BCUT2D eigenvalue weighted by atomic mass is 10.2. The summed E-state index contributed by atoms with van der Waals surface area (Å²) in [5.41, 5.74) is 5.65. The number of nitrogens with two attached hydrogens (primary N) is 1. The molecular formula is C11H14ClF3N2S. The van der Waals surface area contributed by atoms with Gasteiger partial charge in [-0.3, -0.25) is 4.90 Å². The van der Waals surface area contributed by atoms with Gasteiger partial charge in [0.2, 0.25) is 0 Å². The zero-order chi connectivity index (χ0) is 13.3. The number of nitrogens with zero attached hydrogens (tertiary/aromatic N) is 1. The highest BCUT2D eigenvalue weighted by atomic mass is 35.5. The minimum absolute atomic E-state index is 0.000973. The first-order valence-electron chi connectivity index (χ1n) is 5.68. The van der Waals surface area contributed by atoms with E-state index in [2.05, 4.69) is 0 Å². The van der Waals surface area contributed by atoms with Crippen LogP contribution >= 0.6 is 22.9 Å². The number of rotatable bonds is 5. The topological polar surface area (TPSA) is 29.3 Å². The molecule has 1 aliphatic carbocycles. The van der Waals surface area contributed by atoms with E-state index in [1.54, 1.807) is 12.1 Å². The summed E-state index contributed by atoms with van der Waals surface area (Å²) in [4.78, 5) is 2.26. The van der Waals surface area contributed by atoms with E-state index < -0.39 is 18.8 Å². The van der Waals surface area contributed by atoms with Crippen LogP contribution in [0.25, 0.3) is 0 Å². The van der Waals surface area contributed by atoms with Crippen LogP contribution in [0.2, 0.25) is 4.34 Å². The van der Waals surface area contributed by atoms with E-state index in [1.165, 1.54) is 16.2 Å². The molecule has 1 aliphatic rings. The van der Waals surface area contributed by atoms with Crippen LogP contribution in [-0.2, 0) is 0 Å². The first kappa shape index (κ1) is 14.1. The van der Waals surface area contributed by atoms with E-state index in [9.17, 15) is 13.2 Å². The summed E-state index contributed by atoms with van der Waals surface area (Å²) in [6.07, 6.45) is -2.57. The van der Waals surface area contributed by atoms with Crippen molar-refractivity contribution < 1.29 is 13.2 Å². The van der Waals surface area contributed by atoms with Crippen molar-refractivity contribution in [3.05, 3.63) is 21.3 Å². The molecule has 7 heteroatoms. The SMILES string of the molecule is NCC(c1ccc(Cl)s1)N(CC(F)(F)F)C1CC1. The summed E-state index contributed by atoms with van der Waals surface area (Å²) in [5, 5.41) is 0. The molecule has 0 amide bonds. The van der Waals surface area contributed by atoms with Crippen molar-refractivity contribution in [2.24, 2.45) is 5.73 Å². The summed E-state index contributed by atoms with van der Waals surface area (Å²) in [7, 11) is 0. The molecule has 0 bridgehead atoms. The Morgan fingerprint density at radius 1 is 1.44 bits per heavy atom. The van der Waals surface area contributed by atoms with Gasteiger partial charge in [0.15, 0.2) is 0 Å². The van der Waals surface area contributed by atoms with E-state index in [0.717, 1.165) is 17.7 Å². The van der Waals surface area contributed by atoms with Crippen LogP contribution in [0.4, 0.5) is 13.2 Å². The van der Waals surface area contributed by atoms with E-state index in [4.69, 9.17) is 17.3 Å². The third-order valence-corrected chi connectivity index (χ3v) is 4.26. The second kappa shape index (κ2) is 5.36. The smallest absolute Gasteiger partial charge is 0.329 e. The van der Waals surface area contributed by atoms with Gasteiger partial charge in [-0.05, 0) is 25.0 Å². The molecule has 0 aromatic carbocycles. The second-order valence-corrected chi connectivity index (χ2v) is 6.16. The molecule has 1 unspecified atom stereocenters. The van der Waals surface area contributed by atoms with Crippen LogP contribution in [0.3, 0.4) is 0 Å². The van der Waals surface area contributed by atoms with Crippen molar-refractivity contribution in [2.75, 3.05) is 13.1 Å². The molecule has 1 aromatic heterocycles. The van der Waals surface area contributed by atoms with E-state index in [1.807, 2.05) is 0 Å². The molecule has 1 fully saturated rings. The minimum Gasteiger partial charge on any atom is -0.329 e. The summed E-state index contributed by atoms with van der Waals surface area (Å²) < 4.78 is 38.4. The monoisotopic (exact) mass is 298 g/mol. The third-order valence-electron chi connectivity index (χ3n) is 2.92. The maximum Gasteiger partial charge on any atom is 0.401 e. The summed E-state index contributed by atoms with van der Waals surface area (Å²) in [6.45, 7) is -0.738. The van der Waals surface area contributed by atoms with E-state index in [0.29, 0.717) is 4.34 Å². The van der Waals surface area contributed by atoms with Crippen LogP contribution in [0.15, 0.2) is 12.1 Å². The molecule has 2 nitrogen and oxygen atoms in total. The standard InChI is InChI=1S/C11H14ClF3N2S/c12-10-4-3-9(18-10)8(5-16)17(7-1-2-7)6-11(13,14)15/h3-4,7-8H,1-2,5-6,16H2. The molecule has 1 aromatic rings. The summed E-state index contributed by atoms with van der Waals surface area (Å²) in [5.74, 6) is 0. The Kier molecular flexibility index (Phi) is 4.21. The number of alkyl halides is 3. The van der Waals surface area contributed by atoms with Crippen molar-refractivity contribution in [3.8, 4) is 0 Å². The zero-order valence-electron chi connectivity index (χ0n) is 9.58. The fourth-order valence-electron chi connectivity index (χ4n) is 2.03. The van der Waals surface area contributed by atoms with Crippen LogP contribution in [0.5, 0.6) is 0 Å². The Labute approximate surface area is 113 Å². The molecule has 1 saturated carbocycles. The van der Waals surface area contributed by atoms with Crippen molar-refractivity contribution in [2.45, 2.75) is 31.1 Å². The Hall–Kier alpha value is -0.300. The van der Waals surface area contributed by atoms with Crippen molar-refractivity contribution >= 4 is 22.9 Å². The van der Waals surface area contributed by atoms with Gasteiger partial charge in [-0.2, -0.15) is 13.2 Å². The molecule has 0 aliphatic heterocycles. The Bertz CT molecular complexity index is 403. The van der Waals surface area contributed by atoms with Gasteiger partial charge in [-0.15, -0.1) is 11.3 Å². The number of thiophene rings is 1. The predicted molar refractivity (Wildman–Crippen MR) is 66.9 cm³/mol. The quantitative estimate of drug-likeness (QED) is 0.902. The number of hydrogen-bond donors (Lipinski definition) is 1. The summed E-state index contributed by atoms with van der Waals surface area (Å²) in [6, 6.07) is 3.07. The van der Waals surface area contributed by atoms with Gasteiger partial charge in [0.1, 0.15) is 0 Å². The average molecular weight is 299 g/mol. The van der Waals surface area contributed by atoms with Gasteiger partial charge in [-0.1, -0.05) is 11.6 Å². The maximum atomic E-state index is 12.6. The first-order valence-corrected chi connectivity index (χ1v) is 6.88. The molecule has 2 N–H and O–H groups in total. The fourth-order valence-corrected chi connectivity index (χ4v) is 3.22. The van der Waals surface area contributed by atoms with Gasteiger partial charge in [0.05, 0.1) is 16.9 Å². The molecule has 0 radical (unpaired) electrons. The second-order valence-electron chi connectivity index (χ2n) is 4.41. The zero-order valence-corrected chi connectivity index (χ0v) is 11.2. The van der Waals surface area contributed by atoms with Gasteiger partial charge in [0, 0.05) is 17.5 Å². The summed E-state index contributed by atoms with van der Waals surface area (Å²) >= 11 is 7.13. The van der Waals surface area contributed by atoms with Crippen LogP contribution in [-0.4, -0.2) is 30.2 Å².